The lowest BCUT2D eigenvalue weighted by molar-refractivity contribution is -0.138. The minimum absolute atomic E-state index is 0.0115. The molecule has 5 nitrogen and oxygen atoms in total. The van der Waals surface area contributed by atoms with Gasteiger partial charge in [-0.2, -0.15) is 0 Å². The summed E-state index contributed by atoms with van der Waals surface area (Å²) in [5.41, 5.74) is 0. The van der Waals surface area contributed by atoms with Gasteiger partial charge in [0.2, 0.25) is 11.8 Å². The molecular formula is C12H19N3O2. The van der Waals surface area contributed by atoms with E-state index < -0.39 is 0 Å². The summed E-state index contributed by atoms with van der Waals surface area (Å²) in [7, 11) is 1.60. The summed E-state index contributed by atoms with van der Waals surface area (Å²) in [6.07, 6.45) is 2.77. The third-order valence-electron chi connectivity index (χ3n) is 4.48. The number of nitrogens with one attached hydrogen (secondary N) is 1. The van der Waals surface area contributed by atoms with Gasteiger partial charge in [0.15, 0.2) is 0 Å². The Morgan fingerprint density at radius 3 is 2.82 bits per heavy atom. The van der Waals surface area contributed by atoms with Crippen LogP contribution in [-0.2, 0) is 9.59 Å². The lowest BCUT2D eigenvalue weighted by Crippen LogP contribution is -2.52. The Labute approximate surface area is 101 Å². The summed E-state index contributed by atoms with van der Waals surface area (Å²) in [6, 6.07) is 0.261. The number of amides is 2. The van der Waals surface area contributed by atoms with Crippen LogP contribution in [0.1, 0.15) is 19.3 Å². The number of fused-ring (bicyclic) bond motifs is 1. The van der Waals surface area contributed by atoms with Gasteiger partial charge in [0.25, 0.3) is 0 Å². The Hall–Kier alpha value is -0.940. The van der Waals surface area contributed by atoms with Crippen molar-refractivity contribution in [2.75, 3.05) is 26.7 Å². The first-order valence-corrected chi connectivity index (χ1v) is 6.45. The average molecular weight is 237 g/mol. The van der Waals surface area contributed by atoms with Crippen LogP contribution in [0.2, 0.25) is 0 Å². The second kappa shape index (κ2) is 4.07. The first kappa shape index (κ1) is 11.2. The number of nitrogens with zero attached hydrogens (tertiary/aromatic N) is 2. The van der Waals surface area contributed by atoms with Crippen LogP contribution >= 0.6 is 0 Å². The van der Waals surface area contributed by atoms with Gasteiger partial charge in [-0.05, 0) is 31.8 Å². The van der Waals surface area contributed by atoms with Gasteiger partial charge in [-0.25, -0.2) is 0 Å². The van der Waals surface area contributed by atoms with Gasteiger partial charge in [0.05, 0.1) is 12.5 Å². The van der Waals surface area contributed by atoms with Crippen molar-refractivity contribution in [3.8, 4) is 0 Å². The number of carbonyl (C=O) groups excluding carboxylic acids is 2. The van der Waals surface area contributed by atoms with E-state index in [0.717, 1.165) is 26.1 Å². The third kappa shape index (κ3) is 1.68. The first-order valence-electron chi connectivity index (χ1n) is 6.45. The predicted molar refractivity (Wildman–Crippen MR) is 62.3 cm³/mol. The van der Waals surface area contributed by atoms with Crippen molar-refractivity contribution in [2.45, 2.75) is 31.3 Å². The van der Waals surface area contributed by atoms with Gasteiger partial charge < -0.3 is 5.32 Å². The molecule has 3 atom stereocenters. The van der Waals surface area contributed by atoms with Gasteiger partial charge in [-0.3, -0.25) is 19.4 Å². The van der Waals surface area contributed by atoms with E-state index in [1.807, 2.05) is 0 Å². The van der Waals surface area contributed by atoms with Gasteiger partial charge in [0.1, 0.15) is 0 Å². The van der Waals surface area contributed by atoms with Crippen LogP contribution in [0.5, 0.6) is 0 Å². The zero-order valence-electron chi connectivity index (χ0n) is 10.2. The fourth-order valence-electron chi connectivity index (χ4n) is 3.49. The van der Waals surface area contributed by atoms with Gasteiger partial charge in [-0.1, -0.05) is 0 Å². The number of imide groups is 1. The minimum Gasteiger partial charge on any atom is -0.315 e. The van der Waals surface area contributed by atoms with Crippen molar-refractivity contribution in [2.24, 2.45) is 5.92 Å². The normalized spacial score (nSPS) is 38.9. The quantitative estimate of drug-likeness (QED) is 0.620. The summed E-state index contributed by atoms with van der Waals surface area (Å²) >= 11 is 0. The van der Waals surface area contributed by atoms with Crippen LogP contribution in [0, 0.1) is 5.92 Å². The summed E-state index contributed by atoms with van der Waals surface area (Å²) in [5, 5.41) is 3.40. The SMILES string of the molecule is CN1C(=O)CC(N2CCCC3CNCC32)C1=O. The molecule has 3 saturated heterocycles. The number of piperidine rings is 1. The first-order chi connectivity index (χ1) is 8.18. The zero-order chi connectivity index (χ0) is 12.0. The molecule has 0 aromatic rings. The number of carbonyl (C=O) groups is 2. The number of rotatable bonds is 1. The maximum Gasteiger partial charge on any atom is 0.246 e. The molecule has 0 aromatic carbocycles. The highest BCUT2D eigenvalue weighted by molar-refractivity contribution is 6.05. The smallest absolute Gasteiger partial charge is 0.246 e. The van der Waals surface area contributed by atoms with E-state index in [2.05, 4.69) is 10.2 Å². The van der Waals surface area contributed by atoms with E-state index >= 15 is 0 Å². The largest absolute Gasteiger partial charge is 0.315 e. The van der Waals surface area contributed by atoms with E-state index in [4.69, 9.17) is 0 Å². The summed E-state index contributed by atoms with van der Waals surface area (Å²) < 4.78 is 0. The number of likely N-dealkylation sites (tertiary alicyclic amines) is 2. The number of hydrogen-bond acceptors (Lipinski definition) is 4. The summed E-state index contributed by atoms with van der Waals surface area (Å²) in [6.45, 7) is 2.98. The molecule has 0 bridgehead atoms. The molecule has 0 spiro atoms. The molecule has 1 N–H and O–H groups in total. The van der Waals surface area contributed by atoms with Crippen molar-refractivity contribution in [3.05, 3.63) is 0 Å². The second-order valence-electron chi connectivity index (χ2n) is 5.38. The van der Waals surface area contributed by atoms with E-state index in [9.17, 15) is 9.59 Å². The van der Waals surface area contributed by atoms with Crippen LogP contribution in [-0.4, -0.2) is 60.4 Å². The van der Waals surface area contributed by atoms with Crippen LogP contribution in [0.4, 0.5) is 0 Å². The standard InChI is InChI=1S/C12H19N3O2/c1-14-11(16)5-9(12(14)17)15-4-2-3-8-6-13-7-10(8)15/h8-10,13H,2-7H2,1H3. The lowest BCUT2D eigenvalue weighted by Gasteiger charge is -2.39. The lowest BCUT2D eigenvalue weighted by atomic mass is 9.90. The third-order valence-corrected chi connectivity index (χ3v) is 4.48. The Kier molecular flexibility index (Phi) is 2.67. The Bertz CT molecular complexity index is 358. The Balaban J connectivity index is 1.79. The molecule has 3 rings (SSSR count). The monoisotopic (exact) mass is 237 g/mol. The van der Waals surface area contributed by atoms with Gasteiger partial charge in [-0.15, -0.1) is 0 Å². The highest BCUT2D eigenvalue weighted by Gasteiger charge is 2.46. The highest BCUT2D eigenvalue weighted by atomic mass is 16.2. The van der Waals surface area contributed by atoms with Crippen molar-refractivity contribution in [3.63, 3.8) is 0 Å². The van der Waals surface area contributed by atoms with E-state index in [1.54, 1.807) is 7.05 Å². The molecule has 0 aliphatic carbocycles. The second-order valence-corrected chi connectivity index (χ2v) is 5.38. The maximum absolute atomic E-state index is 12.0. The molecule has 0 saturated carbocycles. The zero-order valence-corrected chi connectivity index (χ0v) is 10.2. The molecule has 0 radical (unpaired) electrons. The minimum atomic E-state index is -0.194. The van der Waals surface area contributed by atoms with Gasteiger partial charge >= 0.3 is 0 Å². The van der Waals surface area contributed by atoms with E-state index in [0.29, 0.717) is 18.4 Å². The predicted octanol–water partition coefficient (Wildman–Crippen LogP) is -0.572. The van der Waals surface area contributed by atoms with E-state index in [1.165, 1.54) is 11.3 Å². The van der Waals surface area contributed by atoms with Crippen molar-refractivity contribution in [1.29, 1.82) is 0 Å². The number of hydrogen-bond donors (Lipinski definition) is 1. The molecule has 17 heavy (non-hydrogen) atoms. The molecule has 0 aromatic heterocycles. The molecule has 2 amide bonds. The summed E-state index contributed by atoms with van der Waals surface area (Å²) in [4.78, 5) is 27.2. The van der Waals surface area contributed by atoms with Crippen molar-refractivity contribution >= 4 is 11.8 Å². The topological polar surface area (TPSA) is 52.7 Å². The fourth-order valence-corrected chi connectivity index (χ4v) is 3.49. The van der Waals surface area contributed by atoms with Crippen LogP contribution in [0.15, 0.2) is 0 Å². The molecule has 3 fully saturated rings. The molecular weight excluding hydrogens is 218 g/mol. The van der Waals surface area contributed by atoms with Crippen molar-refractivity contribution < 1.29 is 9.59 Å². The Morgan fingerprint density at radius 1 is 1.29 bits per heavy atom. The molecule has 94 valence electrons. The fraction of sp³-hybridized carbons (Fsp3) is 0.833. The van der Waals surface area contributed by atoms with Crippen molar-refractivity contribution in [1.82, 2.24) is 15.1 Å². The molecule has 3 heterocycles. The highest BCUT2D eigenvalue weighted by Crippen LogP contribution is 2.31. The molecule has 3 unspecified atom stereocenters. The molecule has 3 aliphatic rings. The Morgan fingerprint density at radius 2 is 2.12 bits per heavy atom. The van der Waals surface area contributed by atoms with Crippen LogP contribution < -0.4 is 5.32 Å². The maximum atomic E-state index is 12.0. The van der Waals surface area contributed by atoms with Crippen LogP contribution in [0.3, 0.4) is 0 Å². The average Bonchev–Trinajstić information content (AvgIpc) is 2.89. The van der Waals surface area contributed by atoms with Gasteiger partial charge in [0, 0.05) is 19.6 Å². The molecule has 5 heteroatoms. The summed E-state index contributed by atoms with van der Waals surface area (Å²) in [5.74, 6) is 0.619. The molecule has 3 aliphatic heterocycles. The van der Waals surface area contributed by atoms with Crippen LogP contribution in [0.25, 0.3) is 0 Å². The van der Waals surface area contributed by atoms with E-state index in [-0.39, 0.29) is 17.9 Å². The number of likely N-dealkylation sites (N-methyl/N-ethyl adjacent to an activating group) is 1.